The summed E-state index contributed by atoms with van der Waals surface area (Å²) in [5, 5.41) is 1.98. The van der Waals surface area contributed by atoms with Gasteiger partial charge in [-0.05, 0) is 42.2 Å². The lowest BCUT2D eigenvalue weighted by Gasteiger charge is -2.33. The Kier molecular flexibility index (Phi) is 6.13. The number of rotatable bonds is 4. The fraction of sp³-hybridized carbons (Fsp3) is 0.286. The predicted octanol–water partition coefficient (Wildman–Crippen LogP) is 5.21. The summed E-state index contributed by atoms with van der Waals surface area (Å²) in [6.45, 7) is 1.49. The van der Waals surface area contributed by atoms with Crippen LogP contribution < -0.4 is 9.62 Å². The highest BCUT2D eigenvalue weighted by Crippen LogP contribution is 2.37. The molecule has 1 atom stereocenters. The SMILES string of the molecule is CSNC(=O)C1CCCN(c2ncnc3cccc(-c4ccc(Cl)c(Cl)c4)c23)C1. The van der Waals surface area contributed by atoms with Crippen molar-refractivity contribution < 1.29 is 4.79 Å². The zero-order chi connectivity index (χ0) is 20.4. The van der Waals surface area contributed by atoms with Crippen LogP contribution in [0.25, 0.3) is 22.0 Å². The standard InChI is InChI=1S/C21H20Cl2N4OS/c1-29-26-21(28)14-4-3-9-27(11-14)20-19-15(5-2-6-18(19)24-12-25-20)13-7-8-16(22)17(23)10-13/h2,5-8,10,12,14H,3-4,9,11H2,1H3,(H,26,28). The average molecular weight is 447 g/mol. The molecule has 150 valence electrons. The molecule has 2 aromatic carbocycles. The van der Waals surface area contributed by atoms with Crippen molar-refractivity contribution in [1.82, 2.24) is 14.7 Å². The lowest BCUT2D eigenvalue weighted by molar-refractivity contribution is -0.123. The summed E-state index contributed by atoms with van der Waals surface area (Å²) in [6.07, 6.45) is 5.26. The Balaban J connectivity index is 1.79. The van der Waals surface area contributed by atoms with Crippen LogP contribution in [0.3, 0.4) is 0 Å². The zero-order valence-electron chi connectivity index (χ0n) is 15.9. The Morgan fingerprint density at radius 1 is 1.21 bits per heavy atom. The van der Waals surface area contributed by atoms with E-state index in [-0.39, 0.29) is 11.8 Å². The molecule has 29 heavy (non-hydrogen) atoms. The van der Waals surface area contributed by atoms with Crippen molar-refractivity contribution in [2.24, 2.45) is 5.92 Å². The monoisotopic (exact) mass is 446 g/mol. The fourth-order valence-corrected chi connectivity index (χ4v) is 4.47. The molecule has 0 saturated carbocycles. The van der Waals surface area contributed by atoms with Crippen LogP contribution in [-0.4, -0.2) is 35.2 Å². The van der Waals surface area contributed by atoms with E-state index in [1.807, 2.05) is 36.6 Å². The van der Waals surface area contributed by atoms with E-state index in [4.69, 9.17) is 23.2 Å². The molecule has 4 rings (SSSR count). The number of benzene rings is 2. The Hall–Kier alpha value is -2.02. The third-order valence-corrected chi connectivity index (χ3v) is 6.31. The number of amides is 1. The number of hydrogen-bond donors (Lipinski definition) is 1. The number of piperidine rings is 1. The zero-order valence-corrected chi connectivity index (χ0v) is 18.2. The predicted molar refractivity (Wildman–Crippen MR) is 122 cm³/mol. The van der Waals surface area contributed by atoms with E-state index in [9.17, 15) is 4.79 Å². The van der Waals surface area contributed by atoms with E-state index in [2.05, 4.69) is 19.6 Å². The second-order valence-electron chi connectivity index (χ2n) is 6.98. The number of halogens is 2. The molecule has 0 bridgehead atoms. The van der Waals surface area contributed by atoms with Crippen LogP contribution in [0.1, 0.15) is 12.8 Å². The summed E-state index contributed by atoms with van der Waals surface area (Å²) in [4.78, 5) is 23.7. The van der Waals surface area contributed by atoms with Gasteiger partial charge in [0.05, 0.1) is 26.9 Å². The molecule has 0 aliphatic carbocycles. The van der Waals surface area contributed by atoms with Crippen molar-refractivity contribution >= 4 is 57.8 Å². The van der Waals surface area contributed by atoms with Gasteiger partial charge in [0.15, 0.2) is 0 Å². The molecule has 1 aromatic heterocycles. The lowest BCUT2D eigenvalue weighted by Crippen LogP contribution is -2.42. The molecule has 1 N–H and O–H groups in total. The van der Waals surface area contributed by atoms with E-state index >= 15 is 0 Å². The molecule has 1 fully saturated rings. The molecule has 1 amide bonds. The molecule has 5 nitrogen and oxygen atoms in total. The van der Waals surface area contributed by atoms with Crippen LogP contribution in [0.2, 0.25) is 10.0 Å². The fourth-order valence-electron chi connectivity index (χ4n) is 3.80. The van der Waals surface area contributed by atoms with Crippen molar-refractivity contribution in [2.75, 3.05) is 24.2 Å². The minimum Gasteiger partial charge on any atom is -0.355 e. The molecule has 0 spiro atoms. The number of anilines is 1. The molecular weight excluding hydrogens is 427 g/mol. The van der Waals surface area contributed by atoms with Gasteiger partial charge in [-0.2, -0.15) is 0 Å². The maximum atomic E-state index is 12.4. The average Bonchev–Trinajstić information content (AvgIpc) is 2.75. The van der Waals surface area contributed by atoms with Crippen LogP contribution in [0.5, 0.6) is 0 Å². The van der Waals surface area contributed by atoms with Crippen LogP contribution in [0, 0.1) is 5.92 Å². The number of aromatic nitrogens is 2. The minimum absolute atomic E-state index is 0.0571. The Morgan fingerprint density at radius 2 is 2.07 bits per heavy atom. The van der Waals surface area contributed by atoms with Crippen molar-refractivity contribution in [3.05, 3.63) is 52.8 Å². The first-order valence-electron chi connectivity index (χ1n) is 9.35. The molecule has 1 aliphatic rings. The van der Waals surface area contributed by atoms with E-state index in [1.165, 1.54) is 11.9 Å². The summed E-state index contributed by atoms with van der Waals surface area (Å²) in [6, 6.07) is 11.6. The first-order chi connectivity index (χ1) is 14.1. The van der Waals surface area contributed by atoms with Crippen molar-refractivity contribution in [2.45, 2.75) is 12.8 Å². The first-order valence-corrected chi connectivity index (χ1v) is 11.3. The molecule has 1 aliphatic heterocycles. The summed E-state index contributed by atoms with van der Waals surface area (Å²) in [5.74, 6) is 0.863. The maximum Gasteiger partial charge on any atom is 0.234 e. The highest BCUT2D eigenvalue weighted by molar-refractivity contribution is 7.97. The quantitative estimate of drug-likeness (QED) is 0.557. The van der Waals surface area contributed by atoms with Gasteiger partial charge in [-0.1, -0.05) is 53.3 Å². The van der Waals surface area contributed by atoms with Gasteiger partial charge in [-0.25, -0.2) is 9.97 Å². The number of hydrogen-bond acceptors (Lipinski definition) is 5. The summed E-state index contributed by atoms with van der Waals surface area (Å²) in [5.41, 5.74) is 2.80. The largest absolute Gasteiger partial charge is 0.355 e. The van der Waals surface area contributed by atoms with Crippen molar-refractivity contribution in [1.29, 1.82) is 0 Å². The van der Waals surface area contributed by atoms with Gasteiger partial charge in [0.1, 0.15) is 12.1 Å². The number of nitrogens with zero attached hydrogens (tertiary/aromatic N) is 3. The summed E-state index contributed by atoms with van der Waals surface area (Å²) < 4.78 is 2.86. The van der Waals surface area contributed by atoms with E-state index in [0.717, 1.165) is 47.2 Å². The molecule has 1 saturated heterocycles. The summed E-state index contributed by atoms with van der Waals surface area (Å²) >= 11 is 13.7. The molecular formula is C21H20Cl2N4OS. The number of fused-ring (bicyclic) bond motifs is 1. The number of nitrogens with one attached hydrogen (secondary N) is 1. The van der Waals surface area contributed by atoms with Gasteiger partial charge >= 0.3 is 0 Å². The number of carbonyl (C=O) groups is 1. The normalized spacial score (nSPS) is 16.8. The third kappa shape index (κ3) is 4.15. The molecule has 0 radical (unpaired) electrons. The maximum absolute atomic E-state index is 12.4. The topological polar surface area (TPSA) is 58.1 Å². The Labute approximate surface area is 183 Å². The van der Waals surface area contributed by atoms with Crippen LogP contribution in [-0.2, 0) is 4.79 Å². The molecule has 8 heteroatoms. The van der Waals surface area contributed by atoms with Crippen molar-refractivity contribution in [3.8, 4) is 11.1 Å². The van der Waals surface area contributed by atoms with E-state index in [0.29, 0.717) is 16.6 Å². The second-order valence-corrected chi connectivity index (χ2v) is 8.41. The molecule has 3 aromatic rings. The highest BCUT2D eigenvalue weighted by atomic mass is 35.5. The molecule has 1 unspecified atom stereocenters. The van der Waals surface area contributed by atoms with E-state index in [1.54, 1.807) is 12.4 Å². The van der Waals surface area contributed by atoms with Gasteiger partial charge in [0, 0.05) is 19.3 Å². The Bertz CT molecular complexity index is 1060. The van der Waals surface area contributed by atoms with Gasteiger partial charge in [0.2, 0.25) is 5.91 Å². The second kappa shape index (κ2) is 8.78. The van der Waals surface area contributed by atoms with E-state index < -0.39 is 0 Å². The first kappa shape index (κ1) is 20.3. The lowest BCUT2D eigenvalue weighted by atomic mass is 9.96. The smallest absolute Gasteiger partial charge is 0.234 e. The Morgan fingerprint density at radius 3 is 2.86 bits per heavy atom. The van der Waals surface area contributed by atoms with Crippen molar-refractivity contribution in [3.63, 3.8) is 0 Å². The van der Waals surface area contributed by atoms with Crippen LogP contribution >= 0.6 is 35.1 Å². The number of carbonyl (C=O) groups excluding carboxylic acids is 1. The third-order valence-electron chi connectivity index (χ3n) is 5.17. The summed E-state index contributed by atoms with van der Waals surface area (Å²) in [7, 11) is 0. The van der Waals surface area contributed by atoms with Gasteiger partial charge < -0.3 is 9.62 Å². The van der Waals surface area contributed by atoms with Gasteiger partial charge in [-0.15, -0.1) is 0 Å². The van der Waals surface area contributed by atoms with Crippen LogP contribution in [0.15, 0.2) is 42.7 Å². The highest BCUT2D eigenvalue weighted by Gasteiger charge is 2.28. The van der Waals surface area contributed by atoms with Crippen LogP contribution in [0.4, 0.5) is 5.82 Å². The molecule has 2 heterocycles. The minimum atomic E-state index is -0.0571. The van der Waals surface area contributed by atoms with Gasteiger partial charge in [0.25, 0.3) is 0 Å². The van der Waals surface area contributed by atoms with Gasteiger partial charge in [-0.3, -0.25) is 4.79 Å².